The minimum absolute atomic E-state index is 0.128. The summed E-state index contributed by atoms with van der Waals surface area (Å²) in [5, 5.41) is 14.0. The number of amides is 1. The maximum absolute atomic E-state index is 12.1. The SMILES string of the molecule is CCn1nc(C)c(N)c1C(=O)Nc1nccnn1. The van der Waals surface area contributed by atoms with Gasteiger partial charge in [-0.3, -0.25) is 14.8 Å². The Bertz CT molecular complexity index is 563. The second kappa shape index (κ2) is 4.78. The summed E-state index contributed by atoms with van der Waals surface area (Å²) in [6, 6.07) is 0. The Kier molecular flexibility index (Phi) is 3.18. The van der Waals surface area contributed by atoms with Crippen LogP contribution in [0, 0.1) is 6.92 Å². The van der Waals surface area contributed by atoms with Crippen molar-refractivity contribution < 1.29 is 4.79 Å². The first kappa shape index (κ1) is 12.0. The highest BCUT2D eigenvalue weighted by atomic mass is 16.2. The highest BCUT2D eigenvalue weighted by molar-refractivity contribution is 6.05. The van der Waals surface area contributed by atoms with Crippen LogP contribution in [0.3, 0.4) is 0 Å². The minimum Gasteiger partial charge on any atom is -0.395 e. The van der Waals surface area contributed by atoms with E-state index >= 15 is 0 Å². The lowest BCUT2D eigenvalue weighted by Crippen LogP contribution is -2.20. The van der Waals surface area contributed by atoms with Gasteiger partial charge >= 0.3 is 0 Å². The lowest BCUT2D eigenvalue weighted by Gasteiger charge is -2.05. The molecule has 2 aromatic rings. The van der Waals surface area contributed by atoms with E-state index in [2.05, 4.69) is 25.6 Å². The molecule has 0 aliphatic carbocycles. The van der Waals surface area contributed by atoms with E-state index in [0.717, 1.165) is 0 Å². The first-order valence-corrected chi connectivity index (χ1v) is 5.41. The second-order valence-electron chi connectivity index (χ2n) is 3.58. The molecule has 0 aliphatic rings. The molecule has 0 saturated heterocycles. The van der Waals surface area contributed by atoms with Gasteiger partial charge in [-0.2, -0.15) is 10.2 Å². The molecular formula is C10H13N7O. The molecule has 0 unspecified atom stereocenters. The van der Waals surface area contributed by atoms with Crippen molar-refractivity contribution in [1.82, 2.24) is 25.0 Å². The van der Waals surface area contributed by atoms with Crippen molar-refractivity contribution in [2.45, 2.75) is 20.4 Å². The Balaban J connectivity index is 2.29. The van der Waals surface area contributed by atoms with E-state index < -0.39 is 5.91 Å². The van der Waals surface area contributed by atoms with Crippen molar-refractivity contribution in [3.8, 4) is 0 Å². The third-order valence-corrected chi connectivity index (χ3v) is 2.40. The van der Waals surface area contributed by atoms with Crippen LogP contribution in [0.25, 0.3) is 0 Å². The van der Waals surface area contributed by atoms with Crippen LogP contribution in [-0.2, 0) is 6.54 Å². The molecule has 8 nitrogen and oxygen atoms in total. The van der Waals surface area contributed by atoms with E-state index in [0.29, 0.717) is 23.6 Å². The number of nitrogen functional groups attached to an aromatic ring is 1. The summed E-state index contributed by atoms with van der Waals surface area (Å²) in [6.07, 6.45) is 2.86. The number of aryl methyl sites for hydroxylation is 2. The molecule has 0 saturated carbocycles. The summed E-state index contributed by atoms with van der Waals surface area (Å²) >= 11 is 0. The molecule has 94 valence electrons. The van der Waals surface area contributed by atoms with Crippen molar-refractivity contribution in [3.63, 3.8) is 0 Å². The lowest BCUT2D eigenvalue weighted by atomic mass is 10.3. The molecular weight excluding hydrogens is 234 g/mol. The summed E-state index contributed by atoms with van der Waals surface area (Å²) in [4.78, 5) is 15.9. The summed E-state index contributed by atoms with van der Waals surface area (Å²) in [5.74, 6) is -0.272. The van der Waals surface area contributed by atoms with Gasteiger partial charge in [-0.25, -0.2) is 4.98 Å². The molecule has 2 aromatic heterocycles. The first-order valence-electron chi connectivity index (χ1n) is 5.41. The van der Waals surface area contributed by atoms with E-state index in [-0.39, 0.29) is 5.95 Å². The smallest absolute Gasteiger partial charge is 0.278 e. The van der Waals surface area contributed by atoms with Gasteiger partial charge in [-0.05, 0) is 13.8 Å². The predicted octanol–water partition coefficient (Wildman–Crippen LogP) is 0.231. The molecule has 0 aromatic carbocycles. The van der Waals surface area contributed by atoms with Crippen molar-refractivity contribution in [2.24, 2.45) is 0 Å². The van der Waals surface area contributed by atoms with E-state index in [9.17, 15) is 4.79 Å². The number of anilines is 2. The van der Waals surface area contributed by atoms with Crippen LogP contribution in [0.5, 0.6) is 0 Å². The van der Waals surface area contributed by atoms with Crippen molar-refractivity contribution in [2.75, 3.05) is 11.1 Å². The van der Waals surface area contributed by atoms with Gasteiger partial charge in [0.1, 0.15) is 5.69 Å². The molecule has 0 atom stereocenters. The number of hydrogen-bond donors (Lipinski definition) is 2. The Labute approximate surface area is 103 Å². The van der Waals surface area contributed by atoms with Crippen LogP contribution in [0.2, 0.25) is 0 Å². The molecule has 3 N–H and O–H groups in total. The monoisotopic (exact) mass is 247 g/mol. The third kappa shape index (κ3) is 2.12. The normalized spacial score (nSPS) is 10.3. The van der Waals surface area contributed by atoms with Crippen molar-refractivity contribution in [3.05, 3.63) is 23.8 Å². The Hall–Kier alpha value is -2.51. The molecule has 0 fully saturated rings. The Morgan fingerprint density at radius 2 is 2.28 bits per heavy atom. The number of hydrogen-bond acceptors (Lipinski definition) is 6. The average molecular weight is 247 g/mol. The van der Waals surface area contributed by atoms with Gasteiger partial charge in [0.05, 0.1) is 23.8 Å². The minimum atomic E-state index is -0.400. The number of carbonyl (C=O) groups is 1. The van der Waals surface area contributed by atoms with E-state index in [1.165, 1.54) is 17.1 Å². The highest BCUT2D eigenvalue weighted by Crippen LogP contribution is 2.17. The third-order valence-electron chi connectivity index (χ3n) is 2.40. The van der Waals surface area contributed by atoms with Gasteiger partial charge in [0.25, 0.3) is 5.91 Å². The summed E-state index contributed by atoms with van der Waals surface area (Å²) in [7, 11) is 0. The molecule has 0 aliphatic heterocycles. The Morgan fingerprint density at radius 3 is 2.89 bits per heavy atom. The van der Waals surface area contributed by atoms with Crippen LogP contribution in [-0.4, -0.2) is 30.9 Å². The second-order valence-corrected chi connectivity index (χ2v) is 3.58. The molecule has 2 rings (SSSR count). The van der Waals surface area contributed by atoms with E-state index in [1.807, 2.05) is 6.92 Å². The average Bonchev–Trinajstić information content (AvgIpc) is 2.66. The molecule has 18 heavy (non-hydrogen) atoms. The largest absolute Gasteiger partial charge is 0.395 e. The fourth-order valence-corrected chi connectivity index (χ4v) is 1.53. The zero-order chi connectivity index (χ0) is 13.1. The zero-order valence-corrected chi connectivity index (χ0v) is 10.1. The topological polar surface area (TPSA) is 112 Å². The van der Waals surface area contributed by atoms with Crippen molar-refractivity contribution in [1.29, 1.82) is 0 Å². The number of carbonyl (C=O) groups excluding carboxylic acids is 1. The molecule has 0 radical (unpaired) electrons. The van der Waals surface area contributed by atoms with Crippen molar-refractivity contribution >= 4 is 17.5 Å². The number of nitrogens with zero attached hydrogens (tertiary/aromatic N) is 5. The van der Waals surface area contributed by atoms with Gasteiger partial charge < -0.3 is 5.73 Å². The maximum atomic E-state index is 12.1. The number of aromatic nitrogens is 5. The van der Waals surface area contributed by atoms with Gasteiger partial charge in [0.2, 0.25) is 5.95 Å². The number of nitrogens with two attached hydrogens (primary N) is 1. The Morgan fingerprint density at radius 1 is 1.50 bits per heavy atom. The van der Waals surface area contributed by atoms with Gasteiger partial charge in [0.15, 0.2) is 0 Å². The van der Waals surface area contributed by atoms with Gasteiger partial charge in [-0.1, -0.05) is 0 Å². The molecule has 0 spiro atoms. The standard InChI is InChI=1S/C10H13N7O/c1-3-17-8(7(11)6(2)16-17)9(18)14-10-12-4-5-13-15-10/h4-5H,3,11H2,1-2H3,(H,12,14,15,18). The quantitative estimate of drug-likeness (QED) is 0.803. The maximum Gasteiger partial charge on any atom is 0.278 e. The van der Waals surface area contributed by atoms with Crippen LogP contribution in [0.4, 0.5) is 11.6 Å². The van der Waals surface area contributed by atoms with Crippen LogP contribution >= 0.6 is 0 Å². The lowest BCUT2D eigenvalue weighted by molar-refractivity contribution is 0.101. The summed E-state index contributed by atoms with van der Waals surface area (Å²) in [5.41, 5.74) is 7.12. The molecule has 2 heterocycles. The summed E-state index contributed by atoms with van der Waals surface area (Å²) < 4.78 is 1.54. The molecule has 0 bridgehead atoms. The van der Waals surface area contributed by atoms with Gasteiger partial charge in [0, 0.05) is 6.54 Å². The predicted molar refractivity (Wildman–Crippen MR) is 64.8 cm³/mol. The summed E-state index contributed by atoms with van der Waals surface area (Å²) in [6.45, 7) is 4.18. The molecule has 8 heteroatoms. The van der Waals surface area contributed by atoms with Crippen LogP contribution in [0.15, 0.2) is 12.4 Å². The van der Waals surface area contributed by atoms with Gasteiger partial charge in [-0.15, -0.1) is 5.10 Å². The highest BCUT2D eigenvalue weighted by Gasteiger charge is 2.19. The van der Waals surface area contributed by atoms with Crippen LogP contribution in [0.1, 0.15) is 23.1 Å². The number of nitrogens with one attached hydrogen (secondary N) is 1. The fraction of sp³-hybridized carbons (Fsp3) is 0.300. The fourth-order valence-electron chi connectivity index (χ4n) is 1.53. The van der Waals surface area contributed by atoms with Crippen LogP contribution < -0.4 is 11.1 Å². The number of rotatable bonds is 3. The molecule has 1 amide bonds. The van der Waals surface area contributed by atoms with E-state index in [4.69, 9.17) is 5.73 Å². The zero-order valence-electron chi connectivity index (χ0n) is 10.1. The van der Waals surface area contributed by atoms with E-state index in [1.54, 1.807) is 6.92 Å². The first-order chi connectivity index (χ1) is 8.63.